The van der Waals surface area contributed by atoms with E-state index in [9.17, 15) is 0 Å². The molecule has 0 aliphatic carbocycles. The maximum Gasteiger partial charge on any atom is 0.0222 e. The van der Waals surface area contributed by atoms with Crippen molar-refractivity contribution in [2.24, 2.45) is 11.5 Å². The molecule has 0 atom stereocenters. The first kappa shape index (κ1) is 15.4. The van der Waals surface area contributed by atoms with E-state index in [1.54, 1.807) is 0 Å². The van der Waals surface area contributed by atoms with Crippen molar-refractivity contribution in [3.8, 4) is 0 Å². The van der Waals surface area contributed by atoms with Gasteiger partial charge in [0.25, 0.3) is 0 Å². The molecule has 0 radical (unpaired) electrons. The van der Waals surface area contributed by atoms with E-state index in [1.165, 1.54) is 23.0 Å². The summed E-state index contributed by atoms with van der Waals surface area (Å²) in [5.74, 6) is 9.26. The second-order valence-electron chi connectivity index (χ2n) is 3.82. The van der Waals surface area contributed by atoms with Crippen molar-refractivity contribution >= 4 is 47.0 Å². The topological polar surface area (TPSA) is 52.0 Å². The first-order valence-electron chi connectivity index (χ1n) is 5.61. The Morgan fingerprint density at radius 1 is 0.562 bits per heavy atom. The van der Waals surface area contributed by atoms with Gasteiger partial charge in [-0.1, -0.05) is 0 Å². The summed E-state index contributed by atoms with van der Waals surface area (Å²) in [6.07, 6.45) is 0. The summed E-state index contributed by atoms with van der Waals surface area (Å²) in [7, 11) is 0. The number of nitrogens with two attached hydrogens (primary N) is 2. The molecule has 1 saturated heterocycles. The van der Waals surface area contributed by atoms with Gasteiger partial charge in [-0.25, -0.2) is 0 Å². The van der Waals surface area contributed by atoms with Crippen LogP contribution in [0.2, 0.25) is 0 Å². The zero-order valence-electron chi connectivity index (χ0n) is 9.60. The smallest absolute Gasteiger partial charge is 0.0222 e. The van der Waals surface area contributed by atoms with Crippen LogP contribution in [0.3, 0.4) is 0 Å². The molecule has 6 heteroatoms. The maximum atomic E-state index is 6.03. The van der Waals surface area contributed by atoms with E-state index >= 15 is 0 Å². The molecule has 0 saturated carbocycles. The minimum absolute atomic E-state index is 0.371. The average Bonchev–Trinajstić information content (AvgIpc) is 2.27. The first-order chi connectivity index (χ1) is 7.79. The summed E-state index contributed by atoms with van der Waals surface area (Å²) in [5.41, 5.74) is 12.1. The Balaban J connectivity index is 2.18. The van der Waals surface area contributed by atoms with Crippen molar-refractivity contribution in [2.75, 3.05) is 46.0 Å². The van der Waals surface area contributed by atoms with Crippen LogP contribution in [0, 0.1) is 0 Å². The minimum atomic E-state index is 0.371. The predicted octanol–water partition coefficient (Wildman–Crippen LogP) is 1.59. The molecule has 0 amide bonds. The quantitative estimate of drug-likeness (QED) is 0.708. The van der Waals surface area contributed by atoms with Crippen molar-refractivity contribution in [2.45, 2.75) is 12.1 Å². The molecule has 1 aliphatic rings. The molecule has 0 bridgehead atoms. The van der Waals surface area contributed by atoms with Crippen LogP contribution in [0.1, 0.15) is 0 Å². The molecule has 1 rings (SSSR count). The molecule has 0 unspecified atom stereocenters. The van der Waals surface area contributed by atoms with E-state index in [2.05, 4.69) is 0 Å². The lowest BCUT2D eigenvalue weighted by atomic mass is 10.4. The fourth-order valence-corrected chi connectivity index (χ4v) is 5.80. The lowest BCUT2D eigenvalue weighted by Gasteiger charge is -2.14. The highest BCUT2D eigenvalue weighted by molar-refractivity contribution is 8.04. The van der Waals surface area contributed by atoms with Crippen LogP contribution in [0.15, 0.2) is 0 Å². The Labute approximate surface area is 116 Å². The normalized spacial score (nSPS) is 31.9. The van der Waals surface area contributed by atoms with Gasteiger partial charge in [-0.2, -0.15) is 47.0 Å². The van der Waals surface area contributed by atoms with Gasteiger partial charge in [0.15, 0.2) is 0 Å². The van der Waals surface area contributed by atoms with Crippen LogP contribution in [-0.2, 0) is 0 Å². The zero-order chi connectivity index (χ0) is 11.6. The molecule has 2 nitrogen and oxygen atoms in total. The molecule has 0 spiro atoms. The lowest BCUT2D eigenvalue weighted by molar-refractivity contribution is 0.857. The molecule has 4 N–H and O–H groups in total. The summed E-state index contributed by atoms with van der Waals surface area (Å²) in [6.45, 7) is 0. The fourth-order valence-electron chi connectivity index (χ4n) is 1.27. The molecule has 1 fully saturated rings. The van der Waals surface area contributed by atoms with E-state index in [0.717, 1.165) is 23.0 Å². The third-order valence-corrected chi connectivity index (χ3v) is 7.22. The second-order valence-corrected chi connectivity index (χ2v) is 8.42. The molecular formula is C10H22N2S4. The van der Waals surface area contributed by atoms with Gasteiger partial charge < -0.3 is 11.5 Å². The van der Waals surface area contributed by atoms with Crippen LogP contribution in [0.5, 0.6) is 0 Å². The monoisotopic (exact) mass is 298 g/mol. The predicted molar refractivity (Wildman–Crippen MR) is 85.3 cm³/mol. The van der Waals surface area contributed by atoms with Gasteiger partial charge in [-0.05, 0) is 0 Å². The number of hydrogen-bond acceptors (Lipinski definition) is 6. The molecular weight excluding hydrogens is 276 g/mol. The van der Waals surface area contributed by atoms with E-state index in [-0.39, 0.29) is 0 Å². The van der Waals surface area contributed by atoms with Gasteiger partial charge in [0.2, 0.25) is 0 Å². The lowest BCUT2D eigenvalue weighted by Crippen LogP contribution is -2.27. The minimum Gasteiger partial charge on any atom is -0.326 e. The van der Waals surface area contributed by atoms with Crippen LogP contribution in [0.4, 0.5) is 0 Å². The third-order valence-electron chi connectivity index (χ3n) is 2.07. The van der Waals surface area contributed by atoms with Crippen LogP contribution in [0.25, 0.3) is 0 Å². The number of thioether (sulfide) groups is 4. The highest BCUT2D eigenvalue weighted by Gasteiger charge is 2.06. The molecule has 1 heterocycles. The molecule has 0 aromatic rings. The number of rotatable bonds is 0. The standard InChI is InChI=1S/C10H22N2S4/c11-9-5-13-1-2-14-6-10(12)8-16-4-3-15-7-9/h9-10H,1-8,11-12H2. The fraction of sp³-hybridized carbons (Fsp3) is 1.00. The van der Waals surface area contributed by atoms with Gasteiger partial charge in [-0.3, -0.25) is 0 Å². The summed E-state index contributed by atoms with van der Waals surface area (Å²) in [5, 5.41) is 0. The Morgan fingerprint density at radius 2 is 0.812 bits per heavy atom. The van der Waals surface area contributed by atoms with Crippen LogP contribution >= 0.6 is 47.0 Å². The van der Waals surface area contributed by atoms with E-state index in [1.807, 2.05) is 47.0 Å². The molecule has 16 heavy (non-hydrogen) atoms. The van der Waals surface area contributed by atoms with Gasteiger partial charge in [-0.15, -0.1) is 0 Å². The molecule has 0 aromatic carbocycles. The summed E-state index contributed by atoms with van der Waals surface area (Å²) >= 11 is 7.94. The second kappa shape index (κ2) is 10.3. The SMILES string of the molecule is NC1CSCCSCC(N)CSCCSC1. The molecule has 96 valence electrons. The van der Waals surface area contributed by atoms with Crippen molar-refractivity contribution in [1.82, 2.24) is 0 Å². The Bertz CT molecular complexity index is 137. The Morgan fingerprint density at radius 3 is 1.06 bits per heavy atom. The van der Waals surface area contributed by atoms with Crippen LogP contribution in [-0.4, -0.2) is 58.1 Å². The highest BCUT2D eigenvalue weighted by Crippen LogP contribution is 2.15. The van der Waals surface area contributed by atoms with E-state index in [4.69, 9.17) is 11.5 Å². The highest BCUT2D eigenvalue weighted by atomic mass is 32.2. The number of hydrogen-bond donors (Lipinski definition) is 2. The largest absolute Gasteiger partial charge is 0.326 e. The third kappa shape index (κ3) is 8.42. The molecule has 0 aromatic heterocycles. The van der Waals surface area contributed by atoms with Gasteiger partial charge in [0, 0.05) is 58.1 Å². The average molecular weight is 299 g/mol. The van der Waals surface area contributed by atoms with E-state index < -0.39 is 0 Å². The van der Waals surface area contributed by atoms with Crippen molar-refractivity contribution in [3.63, 3.8) is 0 Å². The molecule has 1 aliphatic heterocycles. The summed E-state index contributed by atoms with van der Waals surface area (Å²) in [4.78, 5) is 0. The van der Waals surface area contributed by atoms with Crippen molar-refractivity contribution < 1.29 is 0 Å². The van der Waals surface area contributed by atoms with Crippen molar-refractivity contribution in [3.05, 3.63) is 0 Å². The van der Waals surface area contributed by atoms with E-state index in [0.29, 0.717) is 12.1 Å². The first-order valence-corrected chi connectivity index (χ1v) is 10.2. The Hall–Kier alpha value is 1.32. The summed E-state index contributed by atoms with van der Waals surface area (Å²) in [6, 6.07) is 0.741. The summed E-state index contributed by atoms with van der Waals surface area (Å²) < 4.78 is 0. The van der Waals surface area contributed by atoms with Gasteiger partial charge in [0.05, 0.1) is 0 Å². The maximum absolute atomic E-state index is 6.03. The van der Waals surface area contributed by atoms with Crippen LogP contribution < -0.4 is 11.5 Å². The van der Waals surface area contributed by atoms with Gasteiger partial charge in [0.1, 0.15) is 0 Å². The van der Waals surface area contributed by atoms with Crippen molar-refractivity contribution in [1.29, 1.82) is 0 Å². The van der Waals surface area contributed by atoms with Gasteiger partial charge >= 0.3 is 0 Å². The Kier molecular flexibility index (Phi) is 9.86. The zero-order valence-corrected chi connectivity index (χ0v) is 12.9.